The number of halogens is 4. The molecular weight excluding hydrogens is 334 g/mol. The summed E-state index contributed by atoms with van der Waals surface area (Å²) in [7, 11) is 0. The molecule has 1 unspecified atom stereocenters. The van der Waals surface area contributed by atoms with Crippen LogP contribution in [0.5, 0.6) is 0 Å². The van der Waals surface area contributed by atoms with Crippen molar-refractivity contribution >= 4 is 36.4 Å². The molecular formula is C15H24Cl3FN2. The van der Waals surface area contributed by atoms with E-state index in [1.807, 2.05) is 6.07 Å². The number of nitrogens with zero attached hydrogens (tertiary/aromatic N) is 1. The van der Waals surface area contributed by atoms with Crippen molar-refractivity contribution < 1.29 is 4.39 Å². The van der Waals surface area contributed by atoms with Gasteiger partial charge in [0.2, 0.25) is 0 Å². The maximum Gasteiger partial charge on any atom is 0.129 e. The summed E-state index contributed by atoms with van der Waals surface area (Å²) in [6.07, 6.45) is 1.04. The predicted octanol–water partition coefficient (Wildman–Crippen LogP) is 4.32. The lowest BCUT2D eigenvalue weighted by Crippen LogP contribution is -2.46. The van der Waals surface area contributed by atoms with Crippen molar-refractivity contribution in [2.75, 3.05) is 26.2 Å². The third kappa shape index (κ3) is 5.26. The number of rotatable bonds is 4. The molecule has 0 amide bonds. The van der Waals surface area contributed by atoms with E-state index >= 15 is 0 Å². The van der Waals surface area contributed by atoms with Gasteiger partial charge in [-0.15, -0.1) is 24.8 Å². The molecule has 1 fully saturated rings. The Morgan fingerprint density at radius 1 is 1.29 bits per heavy atom. The van der Waals surface area contributed by atoms with Gasteiger partial charge in [-0.2, -0.15) is 0 Å². The normalized spacial score (nSPS) is 18.3. The molecule has 0 bridgehead atoms. The Morgan fingerprint density at radius 3 is 2.43 bits per heavy atom. The molecule has 21 heavy (non-hydrogen) atoms. The zero-order chi connectivity index (χ0) is 13.8. The molecule has 1 N–H and O–H groups in total. The van der Waals surface area contributed by atoms with Crippen LogP contribution in [0, 0.1) is 11.7 Å². The van der Waals surface area contributed by atoms with Gasteiger partial charge in [-0.25, -0.2) is 4.39 Å². The quantitative estimate of drug-likeness (QED) is 0.863. The van der Waals surface area contributed by atoms with Crippen molar-refractivity contribution in [2.24, 2.45) is 5.92 Å². The van der Waals surface area contributed by atoms with Gasteiger partial charge in [0.1, 0.15) is 5.82 Å². The summed E-state index contributed by atoms with van der Waals surface area (Å²) in [5, 5.41) is 3.81. The molecule has 2 atom stereocenters. The van der Waals surface area contributed by atoms with Gasteiger partial charge in [-0.3, -0.25) is 4.90 Å². The number of hydrogen-bond donors (Lipinski definition) is 1. The summed E-state index contributed by atoms with van der Waals surface area (Å²) in [5.41, 5.74) is 0.778. The molecule has 6 heteroatoms. The third-order valence-electron chi connectivity index (χ3n) is 4.01. The molecule has 2 rings (SSSR count). The molecule has 0 saturated carbocycles. The molecule has 1 heterocycles. The van der Waals surface area contributed by atoms with E-state index in [-0.39, 0.29) is 36.7 Å². The first-order chi connectivity index (χ1) is 9.13. The van der Waals surface area contributed by atoms with E-state index in [9.17, 15) is 4.39 Å². The van der Waals surface area contributed by atoms with Crippen LogP contribution in [0.2, 0.25) is 5.02 Å². The Morgan fingerprint density at radius 2 is 1.90 bits per heavy atom. The fourth-order valence-corrected chi connectivity index (χ4v) is 2.95. The van der Waals surface area contributed by atoms with Gasteiger partial charge >= 0.3 is 0 Å². The maximum atomic E-state index is 14.2. The van der Waals surface area contributed by atoms with Gasteiger partial charge in [-0.05, 0) is 18.1 Å². The Bertz CT molecular complexity index is 425. The molecule has 1 saturated heterocycles. The van der Waals surface area contributed by atoms with Crippen LogP contribution in [-0.4, -0.2) is 31.1 Å². The van der Waals surface area contributed by atoms with Crippen LogP contribution in [0.15, 0.2) is 18.2 Å². The van der Waals surface area contributed by atoms with E-state index in [1.165, 1.54) is 6.07 Å². The summed E-state index contributed by atoms with van der Waals surface area (Å²) >= 11 is 5.86. The lowest BCUT2D eigenvalue weighted by atomic mass is 9.90. The summed E-state index contributed by atoms with van der Waals surface area (Å²) in [6, 6.07) is 5.20. The van der Waals surface area contributed by atoms with E-state index in [4.69, 9.17) is 11.6 Å². The average Bonchev–Trinajstić information content (AvgIpc) is 2.42. The first-order valence-corrected chi connectivity index (χ1v) is 7.41. The van der Waals surface area contributed by atoms with Crippen molar-refractivity contribution in [2.45, 2.75) is 26.3 Å². The fraction of sp³-hybridized carbons (Fsp3) is 0.600. The van der Waals surface area contributed by atoms with Gasteiger partial charge in [-0.1, -0.05) is 37.9 Å². The molecule has 122 valence electrons. The molecule has 1 aromatic carbocycles. The van der Waals surface area contributed by atoms with E-state index < -0.39 is 0 Å². The Balaban J connectivity index is 0.00000200. The smallest absolute Gasteiger partial charge is 0.129 e. The molecule has 0 spiro atoms. The SMILES string of the molecule is CCC(C)[C@@H](c1ccc(Cl)cc1F)N1CCNCC1.Cl.Cl. The Hall–Kier alpha value is -0.0600. The minimum absolute atomic E-state index is 0. The van der Waals surface area contributed by atoms with Crippen molar-refractivity contribution in [1.82, 2.24) is 10.2 Å². The van der Waals surface area contributed by atoms with E-state index in [1.54, 1.807) is 6.07 Å². The largest absolute Gasteiger partial charge is 0.314 e. The molecule has 0 aromatic heterocycles. The van der Waals surface area contributed by atoms with E-state index in [0.29, 0.717) is 10.9 Å². The van der Waals surface area contributed by atoms with Crippen LogP contribution in [0.1, 0.15) is 31.9 Å². The molecule has 1 aromatic rings. The molecule has 0 radical (unpaired) electrons. The zero-order valence-electron chi connectivity index (χ0n) is 12.4. The van der Waals surface area contributed by atoms with Crippen LogP contribution in [0.4, 0.5) is 4.39 Å². The van der Waals surface area contributed by atoms with Crippen molar-refractivity contribution in [3.63, 3.8) is 0 Å². The molecule has 1 aliphatic rings. The first-order valence-electron chi connectivity index (χ1n) is 7.03. The zero-order valence-corrected chi connectivity index (χ0v) is 14.8. The van der Waals surface area contributed by atoms with E-state index in [0.717, 1.165) is 38.2 Å². The van der Waals surface area contributed by atoms with Crippen LogP contribution >= 0.6 is 36.4 Å². The number of nitrogens with one attached hydrogen (secondary N) is 1. The highest BCUT2D eigenvalue weighted by molar-refractivity contribution is 6.30. The van der Waals surface area contributed by atoms with Gasteiger partial charge in [0.25, 0.3) is 0 Å². The lowest BCUT2D eigenvalue weighted by molar-refractivity contribution is 0.125. The minimum atomic E-state index is -0.184. The van der Waals surface area contributed by atoms with Crippen LogP contribution in [-0.2, 0) is 0 Å². The predicted molar refractivity (Wildman–Crippen MR) is 92.5 cm³/mol. The fourth-order valence-electron chi connectivity index (χ4n) is 2.79. The summed E-state index contributed by atoms with van der Waals surface area (Å²) < 4.78 is 14.2. The van der Waals surface area contributed by atoms with Gasteiger partial charge in [0, 0.05) is 42.8 Å². The monoisotopic (exact) mass is 356 g/mol. The second-order valence-electron chi connectivity index (χ2n) is 5.28. The van der Waals surface area contributed by atoms with Gasteiger partial charge in [0.15, 0.2) is 0 Å². The maximum absolute atomic E-state index is 14.2. The average molecular weight is 358 g/mol. The minimum Gasteiger partial charge on any atom is -0.314 e. The van der Waals surface area contributed by atoms with E-state index in [2.05, 4.69) is 24.1 Å². The summed E-state index contributed by atoms with van der Waals surface area (Å²) in [4.78, 5) is 2.39. The van der Waals surface area contributed by atoms with Crippen molar-refractivity contribution in [3.8, 4) is 0 Å². The topological polar surface area (TPSA) is 15.3 Å². The van der Waals surface area contributed by atoms with Crippen molar-refractivity contribution in [3.05, 3.63) is 34.6 Å². The summed E-state index contributed by atoms with van der Waals surface area (Å²) in [5.74, 6) is 0.241. The Kier molecular flexibility index (Phi) is 9.83. The number of piperazine rings is 1. The third-order valence-corrected chi connectivity index (χ3v) is 4.24. The van der Waals surface area contributed by atoms with Crippen LogP contribution in [0.25, 0.3) is 0 Å². The van der Waals surface area contributed by atoms with Gasteiger partial charge in [0.05, 0.1) is 0 Å². The first kappa shape index (κ1) is 20.9. The molecule has 2 nitrogen and oxygen atoms in total. The summed E-state index contributed by atoms with van der Waals surface area (Å²) in [6.45, 7) is 8.24. The highest BCUT2D eigenvalue weighted by atomic mass is 35.5. The van der Waals surface area contributed by atoms with Crippen LogP contribution < -0.4 is 5.32 Å². The van der Waals surface area contributed by atoms with Gasteiger partial charge < -0.3 is 5.32 Å². The Labute approximate surface area is 144 Å². The molecule has 1 aliphatic heterocycles. The highest BCUT2D eigenvalue weighted by Gasteiger charge is 2.28. The van der Waals surface area contributed by atoms with Crippen LogP contribution in [0.3, 0.4) is 0 Å². The second kappa shape index (κ2) is 9.86. The number of benzene rings is 1. The highest BCUT2D eigenvalue weighted by Crippen LogP contribution is 2.33. The lowest BCUT2D eigenvalue weighted by Gasteiger charge is -2.38. The van der Waals surface area contributed by atoms with Crippen molar-refractivity contribution in [1.29, 1.82) is 0 Å². The second-order valence-corrected chi connectivity index (χ2v) is 5.72. The number of hydrogen-bond acceptors (Lipinski definition) is 2. The molecule has 0 aliphatic carbocycles. The standard InChI is InChI=1S/C15H22ClFN2.2ClH/c1-3-11(2)15(19-8-6-18-7-9-19)13-5-4-12(16)10-14(13)17;;/h4-5,10-11,15,18H,3,6-9H2,1-2H3;2*1H/t11?,15-;;/m0../s1.